The molecule has 0 aromatic heterocycles. The number of ether oxygens (including phenoxy) is 1. The Hall–Kier alpha value is -1.09. The first-order valence-corrected chi connectivity index (χ1v) is 4.61. The van der Waals surface area contributed by atoms with Crippen LogP contribution in [0.2, 0.25) is 0 Å². The van der Waals surface area contributed by atoms with Crippen LogP contribution in [0.3, 0.4) is 0 Å². The van der Waals surface area contributed by atoms with Crippen LogP contribution in [0.5, 0.6) is 5.75 Å². The third-order valence-corrected chi connectivity index (χ3v) is 2.14. The summed E-state index contributed by atoms with van der Waals surface area (Å²) in [4.78, 5) is 0. The Kier molecular flexibility index (Phi) is 3.47. The Morgan fingerprint density at radius 3 is 2.57 bits per heavy atom. The number of halogens is 1. The number of hydrogen-bond acceptors (Lipinski definition) is 2. The van der Waals surface area contributed by atoms with Gasteiger partial charge in [-0.25, -0.2) is 4.39 Å². The van der Waals surface area contributed by atoms with Crippen LogP contribution < -0.4 is 4.74 Å². The zero-order valence-corrected chi connectivity index (χ0v) is 8.62. The van der Waals surface area contributed by atoms with Gasteiger partial charge in [0.15, 0.2) is 0 Å². The van der Waals surface area contributed by atoms with Gasteiger partial charge >= 0.3 is 0 Å². The normalized spacial score (nSPS) is 14.9. The fourth-order valence-corrected chi connectivity index (χ4v) is 1.000. The van der Waals surface area contributed by atoms with Crippen molar-refractivity contribution in [3.63, 3.8) is 0 Å². The molecule has 0 bridgehead atoms. The SMILES string of the molecule is Cc1ccc(F)cc1OC(C)[C@@H](C)O. The highest BCUT2D eigenvalue weighted by Gasteiger charge is 2.11. The van der Waals surface area contributed by atoms with Gasteiger partial charge in [0.1, 0.15) is 17.7 Å². The van der Waals surface area contributed by atoms with Gasteiger partial charge in [-0.15, -0.1) is 0 Å². The van der Waals surface area contributed by atoms with Crippen LogP contribution in [-0.4, -0.2) is 17.3 Å². The molecule has 1 aromatic rings. The molecule has 78 valence electrons. The Morgan fingerprint density at radius 2 is 2.00 bits per heavy atom. The van der Waals surface area contributed by atoms with Gasteiger partial charge in [0.05, 0.1) is 6.10 Å². The second-order valence-electron chi connectivity index (χ2n) is 3.47. The zero-order chi connectivity index (χ0) is 10.7. The predicted molar refractivity (Wildman–Crippen MR) is 52.9 cm³/mol. The largest absolute Gasteiger partial charge is 0.488 e. The molecule has 0 aliphatic heterocycles. The van der Waals surface area contributed by atoms with E-state index in [4.69, 9.17) is 4.74 Å². The lowest BCUT2D eigenvalue weighted by atomic mass is 10.2. The van der Waals surface area contributed by atoms with Gasteiger partial charge in [-0.1, -0.05) is 6.07 Å². The maximum Gasteiger partial charge on any atom is 0.126 e. The van der Waals surface area contributed by atoms with Gasteiger partial charge in [0, 0.05) is 6.07 Å². The number of hydrogen-bond donors (Lipinski definition) is 1. The molecule has 0 amide bonds. The first-order chi connectivity index (χ1) is 6.50. The van der Waals surface area contributed by atoms with Crippen LogP contribution in [0.25, 0.3) is 0 Å². The van der Waals surface area contributed by atoms with Crippen molar-refractivity contribution < 1.29 is 14.2 Å². The van der Waals surface area contributed by atoms with Crippen LogP contribution in [-0.2, 0) is 0 Å². The molecule has 0 heterocycles. The van der Waals surface area contributed by atoms with Crippen LogP contribution in [0, 0.1) is 12.7 Å². The highest BCUT2D eigenvalue weighted by atomic mass is 19.1. The fraction of sp³-hybridized carbons (Fsp3) is 0.455. The zero-order valence-electron chi connectivity index (χ0n) is 8.62. The van der Waals surface area contributed by atoms with Gasteiger partial charge in [-0.3, -0.25) is 0 Å². The number of rotatable bonds is 3. The van der Waals surface area contributed by atoms with Crippen molar-refractivity contribution in [3.8, 4) is 5.75 Å². The Labute approximate surface area is 83.3 Å². The van der Waals surface area contributed by atoms with E-state index in [1.165, 1.54) is 12.1 Å². The van der Waals surface area contributed by atoms with E-state index < -0.39 is 6.10 Å². The van der Waals surface area contributed by atoms with Crippen LogP contribution in [0.15, 0.2) is 18.2 Å². The van der Waals surface area contributed by atoms with Crippen molar-refractivity contribution in [2.24, 2.45) is 0 Å². The van der Waals surface area contributed by atoms with E-state index in [0.717, 1.165) is 5.56 Å². The first-order valence-electron chi connectivity index (χ1n) is 4.61. The second-order valence-corrected chi connectivity index (χ2v) is 3.47. The van der Waals surface area contributed by atoms with Crippen molar-refractivity contribution in [3.05, 3.63) is 29.6 Å². The van der Waals surface area contributed by atoms with E-state index in [0.29, 0.717) is 5.75 Å². The fourth-order valence-electron chi connectivity index (χ4n) is 1.000. The van der Waals surface area contributed by atoms with Gasteiger partial charge in [0.25, 0.3) is 0 Å². The summed E-state index contributed by atoms with van der Waals surface area (Å²) in [7, 11) is 0. The van der Waals surface area contributed by atoms with Crippen LogP contribution in [0.4, 0.5) is 4.39 Å². The molecular formula is C11H15FO2. The average molecular weight is 198 g/mol. The number of benzene rings is 1. The van der Waals surface area contributed by atoms with Crippen molar-refractivity contribution in [1.82, 2.24) is 0 Å². The molecule has 2 nitrogen and oxygen atoms in total. The summed E-state index contributed by atoms with van der Waals surface area (Å²) >= 11 is 0. The predicted octanol–water partition coefficient (Wildman–Crippen LogP) is 2.28. The molecule has 0 aliphatic rings. The summed E-state index contributed by atoms with van der Waals surface area (Å²) in [6.45, 7) is 5.22. The standard InChI is InChI=1S/C11H15FO2/c1-7-4-5-10(12)6-11(7)14-9(3)8(2)13/h4-6,8-9,13H,1-3H3/t8-,9?/m1/s1. The van der Waals surface area contributed by atoms with E-state index in [9.17, 15) is 9.50 Å². The number of aliphatic hydroxyl groups is 1. The van der Waals surface area contributed by atoms with Crippen LogP contribution in [0.1, 0.15) is 19.4 Å². The maximum atomic E-state index is 12.9. The van der Waals surface area contributed by atoms with E-state index in [1.807, 2.05) is 6.92 Å². The molecule has 0 fully saturated rings. The monoisotopic (exact) mass is 198 g/mol. The molecule has 0 spiro atoms. The van der Waals surface area contributed by atoms with Crippen molar-refractivity contribution in [1.29, 1.82) is 0 Å². The van der Waals surface area contributed by atoms with E-state index in [1.54, 1.807) is 19.9 Å². The van der Waals surface area contributed by atoms with Crippen molar-refractivity contribution in [2.45, 2.75) is 33.0 Å². The third kappa shape index (κ3) is 2.70. The Morgan fingerprint density at radius 1 is 1.36 bits per heavy atom. The minimum atomic E-state index is -0.572. The smallest absolute Gasteiger partial charge is 0.126 e. The Balaban J connectivity index is 2.80. The molecule has 0 aliphatic carbocycles. The Bertz CT molecular complexity index is 310. The molecule has 14 heavy (non-hydrogen) atoms. The van der Waals surface area contributed by atoms with E-state index in [-0.39, 0.29) is 11.9 Å². The molecule has 1 aromatic carbocycles. The lowest BCUT2D eigenvalue weighted by molar-refractivity contribution is 0.0598. The van der Waals surface area contributed by atoms with Gasteiger partial charge in [-0.05, 0) is 32.4 Å². The molecule has 1 unspecified atom stereocenters. The lowest BCUT2D eigenvalue weighted by Crippen LogP contribution is -2.25. The summed E-state index contributed by atoms with van der Waals surface area (Å²) in [6, 6.07) is 4.36. The minimum absolute atomic E-state index is 0.330. The molecule has 3 heteroatoms. The molecule has 0 saturated carbocycles. The first kappa shape index (κ1) is 11.0. The molecule has 1 N–H and O–H groups in total. The highest BCUT2D eigenvalue weighted by molar-refractivity contribution is 5.32. The molecule has 1 rings (SSSR count). The van der Waals surface area contributed by atoms with Gasteiger partial charge < -0.3 is 9.84 Å². The van der Waals surface area contributed by atoms with E-state index >= 15 is 0 Å². The van der Waals surface area contributed by atoms with Crippen molar-refractivity contribution >= 4 is 0 Å². The summed E-state index contributed by atoms with van der Waals surface area (Å²) in [5.41, 5.74) is 0.860. The molecule has 0 saturated heterocycles. The average Bonchev–Trinajstić information content (AvgIpc) is 2.11. The highest BCUT2D eigenvalue weighted by Crippen LogP contribution is 2.20. The van der Waals surface area contributed by atoms with Gasteiger partial charge in [0.2, 0.25) is 0 Å². The van der Waals surface area contributed by atoms with E-state index in [2.05, 4.69) is 0 Å². The second kappa shape index (κ2) is 4.42. The topological polar surface area (TPSA) is 29.5 Å². The summed E-state index contributed by atoms with van der Waals surface area (Å²) in [5.74, 6) is 0.154. The summed E-state index contributed by atoms with van der Waals surface area (Å²) in [5, 5.41) is 9.22. The van der Waals surface area contributed by atoms with Gasteiger partial charge in [-0.2, -0.15) is 0 Å². The number of aliphatic hydroxyl groups excluding tert-OH is 1. The van der Waals surface area contributed by atoms with Crippen molar-refractivity contribution in [2.75, 3.05) is 0 Å². The summed E-state index contributed by atoms with van der Waals surface area (Å²) < 4.78 is 18.3. The quantitative estimate of drug-likeness (QED) is 0.807. The molecule has 0 radical (unpaired) electrons. The van der Waals surface area contributed by atoms with Crippen LogP contribution >= 0.6 is 0 Å². The minimum Gasteiger partial charge on any atom is -0.488 e. The third-order valence-electron chi connectivity index (χ3n) is 2.14. The summed E-state index contributed by atoms with van der Waals surface area (Å²) in [6.07, 6.45) is -0.909. The molecular weight excluding hydrogens is 183 g/mol. The maximum absolute atomic E-state index is 12.9. The number of aryl methyl sites for hydroxylation is 1. The molecule has 2 atom stereocenters. The lowest BCUT2D eigenvalue weighted by Gasteiger charge is -2.18.